The van der Waals surface area contributed by atoms with E-state index in [4.69, 9.17) is 22.0 Å². The van der Waals surface area contributed by atoms with Crippen LogP contribution in [0.2, 0.25) is 5.02 Å². The smallest absolute Gasteiger partial charge is 0.230 e. The lowest BCUT2D eigenvalue weighted by molar-refractivity contribution is -0.118. The third kappa shape index (κ3) is 4.35. The van der Waals surface area contributed by atoms with Crippen LogP contribution < -0.4 is 21.1 Å². The SMILES string of the molecule is CCCCNC(=O)CSC1=NC2NNC(C)C2C(=N)N1c1cccc(Cl)c1C. The Labute approximate surface area is 175 Å². The number of benzene rings is 1. The summed E-state index contributed by atoms with van der Waals surface area (Å²) in [5.74, 6) is 0.584. The number of halogens is 1. The van der Waals surface area contributed by atoms with Crippen LogP contribution in [0.5, 0.6) is 0 Å². The second kappa shape index (κ2) is 9.26. The Bertz CT molecular complexity index is 786. The Kier molecular flexibility index (Phi) is 6.98. The Hall–Kier alpha value is -1.61. The van der Waals surface area contributed by atoms with E-state index in [1.807, 2.05) is 36.9 Å². The Morgan fingerprint density at radius 1 is 1.43 bits per heavy atom. The lowest BCUT2D eigenvalue weighted by Crippen LogP contribution is -2.50. The molecule has 3 unspecified atom stereocenters. The van der Waals surface area contributed by atoms with E-state index in [0.717, 1.165) is 24.1 Å². The average Bonchev–Trinajstić information content (AvgIpc) is 3.04. The van der Waals surface area contributed by atoms with E-state index >= 15 is 0 Å². The zero-order valence-corrected chi connectivity index (χ0v) is 18.0. The van der Waals surface area contributed by atoms with Gasteiger partial charge in [-0.15, -0.1) is 0 Å². The maximum Gasteiger partial charge on any atom is 0.230 e. The van der Waals surface area contributed by atoms with E-state index < -0.39 is 0 Å². The molecule has 7 nitrogen and oxygen atoms in total. The van der Waals surface area contributed by atoms with Gasteiger partial charge in [0.05, 0.1) is 17.4 Å². The molecular formula is C19H27ClN6OS. The second-order valence-corrected chi connectivity index (χ2v) is 8.41. The predicted molar refractivity (Wildman–Crippen MR) is 117 cm³/mol. The van der Waals surface area contributed by atoms with Gasteiger partial charge < -0.3 is 5.32 Å². The molecule has 9 heteroatoms. The van der Waals surface area contributed by atoms with Gasteiger partial charge in [-0.2, -0.15) is 0 Å². The molecule has 1 saturated heterocycles. The Morgan fingerprint density at radius 2 is 2.21 bits per heavy atom. The molecule has 2 aliphatic heterocycles. The van der Waals surface area contributed by atoms with Gasteiger partial charge in [0.2, 0.25) is 5.91 Å². The van der Waals surface area contributed by atoms with E-state index in [1.54, 1.807) is 0 Å². The summed E-state index contributed by atoms with van der Waals surface area (Å²) in [7, 11) is 0. The quantitative estimate of drug-likeness (QED) is 0.529. The molecule has 0 aliphatic carbocycles. The molecule has 3 atom stereocenters. The van der Waals surface area contributed by atoms with Crippen LogP contribution in [-0.2, 0) is 4.79 Å². The van der Waals surface area contributed by atoms with E-state index in [1.165, 1.54) is 11.8 Å². The van der Waals surface area contributed by atoms with Crippen molar-refractivity contribution < 1.29 is 4.79 Å². The second-order valence-electron chi connectivity index (χ2n) is 7.06. The lowest BCUT2D eigenvalue weighted by Gasteiger charge is -2.36. The topological polar surface area (TPSA) is 92.6 Å². The minimum Gasteiger partial charge on any atom is -0.355 e. The first kappa shape index (κ1) is 21.1. The highest BCUT2D eigenvalue weighted by atomic mass is 35.5. The minimum atomic E-state index is -0.219. The Morgan fingerprint density at radius 3 is 2.96 bits per heavy atom. The highest BCUT2D eigenvalue weighted by Crippen LogP contribution is 2.35. The van der Waals surface area contributed by atoms with Crippen molar-refractivity contribution in [3.8, 4) is 0 Å². The fraction of sp³-hybridized carbons (Fsp3) is 0.526. The molecule has 2 aliphatic rings. The first-order valence-corrected chi connectivity index (χ1v) is 10.9. The number of hydrogen-bond acceptors (Lipinski definition) is 6. The summed E-state index contributed by atoms with van der Waals surface area (Å²) in [6, 6.07) is 5.72. The molecule has 152 valence electrons. The van der Waals surface area contributed by atoms with E-state index in [-0.39, 0.29) is 29.8 Å². The van der Waals surface area contributed by atoms with Crippen molar-refractivity contribution in [3.63, 3.8) is 0 Å². The van der Waals surface area contributed by atoms with Gasteiger partial charge in [0.15, 0.2) is 5.17 Å². The number of fused-ring (bicyclic) bond motifs is 1. The lowest BCUT2D eigenvalue weighted by atomic mass is 9.96. The van der Waals surface area contributed by atoms with Crippen LogP contribution in [0.15, 0.2) is 23.2 Å². The van der Waals surface area contributed by atoms with Gasteiger partial charge in [0.25, 0.3) is 0 Å². The zero-order chi connectivity index (χ0) is 20.3. The van der Waals surface area contributed by atoms with Crippen LogP contribution in [0.1, 0.15) is 32.3 Å². The molecule has 4 N–H and O–H groups in total. The van der Waals surface area contributed by atoms with Crippen LogP contribution in [0.25, 0.3) is 0 Å². The van der Waals surface area contributed by atoms with E-state index in [0.29, 0.717) is 22.6 Å². The Balaban J connectivity index is 1.85. The number of rotatable bonds is 6. The zero-order valence-electron chi connectivity index (χ0n) is 16.4. The number of carbonyl (C=O) groups is 1. The molecule has 0 bridgehead atoms. The van der Waals surface area contributed by atoms with E-state index in [2.05, 4.69) is 23.1 Å². The van der Waals surface area contributed by atoms with Gasteiger partial charge in [-0.3, -0.25) is 20.5 Å². The summed E-state index contributed by atoms with van der Waals surface area (Å²) in [4.78, 5) is 18.8. The van der Waals surface area contributed by atoms with Crippen molar-refractivity contribution in [1.29, 1.82) is 5.41 Å². The van der Waals surface area contributed by atoms with Gasteiger partial charge >= 0.3 is 0 Å². The van der Waals surface area contributed by atoms with Crippen LogP contribution in [0, 0.1) is 18.3 Å². The monoisotopic (exact) mass is 422 g/mol. The summed E-state index contributed by atoms with van der Waals surface area (Å²) in [6.45, 7) is 6.74. The fourth-order valence-electron chi connectivity index (χ4n) is 3.36. The number of nitrogens with zero attached hydrogens (tertiary/aromatic N) is 2. The maximum atomic E-state index is 12.2. The average molecular weight is 423 g/mol. The third-order valence-corrected chi connectivity index (χ3v) is 6.36. The maximum absolute atomic E-state index is 12.2. The number of amidine groups is 2. The molecular weight excluding hydrogens is 396 g/mol. The molecule has 0 aromatic heterocycles. The molecule has 1 aromatic rings. The number of amides is 1. The highest BCUT2D eigenvalue weighted by Gasteiger charge is 2.44. The van der Waals surface area contributed by atoms with E-state index in [9.17, 15) is 4.79 Å². The summed E-state index contributed by atoms with van der Waals surface area (Å²) in [6.07, 6.45) is 1.79. The predicted octanol–water partition coefficient (Wildman–Crippen LogP) is 2.89. The molecule has 1 fully saturated rings. The first-order chi connectivity index (χ1) is 13.4. The molecule has 1 amide bonds. The number of anilines is 1. The largest absolute Gasteiger partial charge is 0.355 e. The van der Waals surface area contributed by atoms with Gasteiger partial charge in [-0.1, -0.05) is 42.8 Å². The molecule has 3 rings (SSSR count). The van der Waals surface area contributed by atoms with Gasteiger partial charge in [-0.05, 0) is 38.0 Å². The summed E-state index contributed by atoms with van der Waals surface area (Å²) < 4.78 is 0. The van der Waals surface area contributed by atoms with Crippen LogP contribution in [0.4, 0.5) is 5.69 Å². The molecule has 0 spiro atoms. The van der Waals surface area contributed by atoms with Crippen LogP contribution in [0.3, 0.4) is 0 Å². The summed E-state index contributed by atoms with van der Waals surface area (Å²) >= 11 is 7.68. The standard InChI is InChI=1S/C19H27ClN6OS/c1-4-5-9-22-15(27)10-28-19-23-18-16(12(3)24-25-18)17(21)26(19)14-8-6-7-13(20)11(14)2/h6-8,12,16,18,21,24-25H,4-5,9-10H2,1-3H3,(H,22,27). The normalized spacial score (nSPS) is 24.1. The van der Waals surface area contributed by atoms with Crippen LogP contribution in [-0.4, -0.2) is 41.4 Å². The van der Waals surface area contributed by atoms with Crippen molar-refractivity contribution in [1.82, 2.24) is 16.2 Å². The fourth-order valence-corrected chi connectivity index (χ4v) is 4.40. The van der Waals surface area contributed by atoms with Crippen molar-refractivity contribution in [2.75, 3.05) is 17.2 Å². The summed E-state index contributed by atoms with van der Waals surface area (Å²) in [5.41, 5.74) is 8.04. The number of thioether (sulfide) groups is 1. The van der Waals surface area contributed by atoms with Gasteiger partial charge in [0, 0.05) is 17.6 Å². The minimum absolute atomic E-state index is 0.0246. The van der Waals surface area contributed by atoms with Gasteiger partial charge in [0.1, 0.15) is 12.0 Å². The number of nitrogens with one attached hydrogen (secondary N) is 4. The molecule has 0 saturated carbocycles. The van der Waals surface area contributed by atoms with Crippen molar-refractivity contribution in [2.24, 2.45) is 10.9 Å². The molecule has 1 aromatic carbocycles. The van der Waals surface area contributed by atoms with Crippen molar-refractivity contribution in [3.05, 3.63) is 28.8 Å². The molecule has 28 heavy (non-hydrogen) atoms. The first-order valence-electron chi connectivity index (χ1n) is 9.56. The van der Waals surface area contributed by atoms with Crippen molar-refractivity contribution in [2.45, 2.75) is 45.8 Å². The number of unbranched alkanes of at least 4 members (excludes halogenated alkanes) is 1. The summed E-state index contributed by atoms with van der Waals surface area (Å²) in [5, 5.41) is 13.1. The number of carbonyl (C=O) groups excluding carboxylic acids is 1. The van der Waals surface area contributed by atoms with Crippen molar-refractivity contribution >= 4 is 46.0 Å². The third-order valence-electron chi connectivity index (χ3n) is 5.00. The van der Waals surface area contributed by atoms with Crippen LogP contribution >= 0.6 is 23.4 Å². The molecule has 2 heterocycles. The van der Waals surface area contributed by atoms with Gasteiger partial charge in [-0.25, -0.2) is 10.4 Å². The number of hydrazine groups is 1. The highest BCUT2D eigenvalue weighted by molar-refractivity contribution is 8.14. The molecule has 0 radical (unpaired) electrons. The number of hydrogen-bond donors (Lipinski definition) is 4. The number of aliphatic imine (C=N–C) groups is 1.